The summed E-state index contributed by atoms with van der Waals surface area (Å²) in [5.74, 6) is 2.43. The maximum Gasteiger partial charge on any atom is 0.255 e. The average Bonchev–Trinajstić information content (AvgIpc) is 3.31. The van der Waals surface area contributed by atoms with Crippen LogP contribution in [0.4, 0.5) is 5.95 Å². The van der Waals surface area contributed by atoms with Crippen LogP contribution in [0.5, 0.6) is 11.5 Å². The normalized spacial score (nSPS) is 19.0. The van der Waals surface area contributed by atoms with Gasteiger partial charge in [-0.3, -0.25) is 9.78 Å². The number of quaternary nitrogens is 1. The van der Waals surface area contributed by atoms with E-state index in [0.29, 0.717) is 6.79 Å². The van der Waals surface area contributed by atoms with Gasteiger partial charge < -0.3 is 19.3 Å². The van der Waals surface area contributed by atoms with Gasteiger partial charge in [-0.2, -0.15) is 0 Å². The first-order valence-corrected chi connectivity index (χ1v) is 9.35. The van der Waals surface area contributed by atoms with Gasteiger partial charge in [0.25, 0.3) is 5.56 Å². The third-order valence-corrected chi connectivity index (χ3v) is 5.59. The highest BCUT2D eigenvalue weighted by Gasteiger charge is 2.25. The first kappa shape index (κ1) is 15.7. The maximum absolute atomic E-state index is 12.2. The standard InChI is InChI=1S/C19H22N4O3/c24-18-14-2-1-3-15(14)20-19(21-18)23-8-6-22(7-9-23)11-13-4-5-16-17(10-13)26-12-25-16/h4-5,10H,1-3,6-9,11-12H2,(H,20,21,24)/p+1. The van der Waals surface area contributed by atoms with Gasteiger partial charge in [0, 0.05) is 11.1 Å². The molecule has 2 aromatic rings. The van der Waals surface area contributed by atoms with E-state index in [2.05, 4.69) is 22.0 Å². The van der Waals surface area contributed by atoms with Crippen molar-refractivity contribution >= 4 is 5.95 Å². The number of benzene rings is 1. The molecule has 0 bridgehead atoms. The monoisotopic (exact) mass is 355 g/mol. The predicted molar refractivity (Wildman–Crippen MR) is 96.1 cm³/mol. The number of H-pyrrole nitrogens is 1. The van der Waals surface area contributed by atoms with E-state index in [0.717, 1.165) is 80.7 Å². The van der Waals surface area contributed by atoms with E-state index in [1.807, 2.05) is 6.07 Å². The van der Waals surface area contributed by atoms with Gasteiger partial charge in [0.1, 0.15) is 6.54 Å². The zero-order valence-corrected chi connectivity index (χ0v) is 14.7. The number of fused-ring (bicyclic) bond motifs is 2. The highest BCUT2D eigenvalue weighted by molar-refractivity contribution is 5.44. The summed E-state index contributed by atoms with van der Waals surface area (Å²) in [5, 5.41) is 0. The molecule has 2 aliphatic heterocycles. The van der Waals surface area contributed by atoms with E-state index in [9.17, 15) is 4.79 Å². The molecule has 7 nitrogen and oxygen atoms in total. The van der Waals surface area contributed by atoms with Gasteiger partial charge in [0.15, 0.2) is 11.5 Å². The van der Waals surface area contributed by atoms with Crippen LogP contribution < -0.4 is 24.8 Å². The Kier molecular flexibility index (Phi) is 3.81. The van der Waals surface area contributed by atoms with Crippen LogP contribution in [-0.2, 0) is 19.4 Å². The van der Waals surface area contributed by atoms with Gasteiger partial charge in [0.05, 0.1) is 31.9 Å². The van der Waals surface area contributed by atoms with E-state index in [-0.39, 0.29) is 5.56 Å². The van der Waals surface area contributed by atoms with Crippen LogP contribution in [0, 0.1) is 0 Å². The number of anilines is 1. The van der Waals surface area contributed by atoms with Crippen molar-refractivity contribution in [1.29, 1.82) is 0 Å². The van der Waals surface area contributed by atoms with Crippen LogP contribution in [-0.4, -0.2) is 42.9 Å². The summed E-state index contributed by atoms with van der Waals surface area (Å²) in [4.78, 5) is 23.7. The molecule has 7 heteroatoms. The quantitative estimate of drug-likeness (QED) is 0.804. The summed E-state index contributed by atoms with van der Waals surface area (Å²) in [6.07, 6.45) is 2.84. The van der Waals surface area contributed by atoms with Crippen molar-refractivity contribution in [3.63, 3.8) is 0 Å². The third-order valence-electron chi connectivity index (χ3n) is 5.59. The second kappa shape index (κ2) is 6.32. The lowest BCUT2D eigenvalue weighted by Crippen LogP contribution is -3.13. The lowest BCUT2D eigenvalue weighted by Gasteiger charge is -2.32. The van der Waals surface area contributed by atoms with E-state index in [1.165, 1.54) is 10.5 Å². The van der Waals surface area contributed by atoms with Crippen LogP contribution in [0.2, 0.25) is 0 Å². The van der Waals surface area contributed by atoms with Gasteiger partial charge in [-0.25, -0.2) is 4.98 Å². The molecule has 1 saturated heterocycles. The zero-order valence-electron chi connectivity index (χ0n) is 14.7. The molecule has 0 atom stereocenters. The number of aromatic nitrogens is 2. The summed E-state index contributed by atoms with van der Waals surface area (Å²) in [5.41, 5.74) is 3.21. The molecule has 3 aliphatic rings. The second-order valence-electron chi connectivity index (χ2n) is 7.27. The SMILES string of the molecule is O=c1[nH]c(N2CC[NH+](Cc3ccc4c(c3)OCO4)CC2)nc2c1CCC2. The first-order valence-electron chi connectivity index (χ1n) is 9.35. The Hall–Kier alpha value is -2.54. The summed E-state index contributed by atoms with van der Waals surface area (Å²) < 4.78 is 10.8. The highest BCUT2D eigenvalue weighted by atomic mass is 16.7. The molecule has 136 valence electrons. The van der Waals surface area contributed by atoms with Crippen LogP contribution in [0.15, 0.2) is 23.0 Å². The predicted octanol–water partition coefficient (Wildman–Crippen LogP) is -0.108. The fourth-order valence-corrected chi connectivity index (χ4v) is 4.13. The molecule has 2 N–H and O–H groups in total. The van der Waals surface area contributed by atoms with E-state index >= 15 is 0 Å². The molecule has 1 fully saturated rings. The molecule has 5 rings (SSSR count). The second-order valence-corrected chi connectivity index (χ2v) is 7.27. The number of rotatable bonds is 3. The number of aryl methyl sites for hydroxylation is 1. The Morgan fingerprint density at radius 3 is 2.88 bits per heavy atom. The minimum atomic E-state index is 0.0534. The van der Waals surface area contributed by atoms with E-state index in [1.54, 1.807) is 0 Å². The summed E-state index contributed by atoms with van der Waals surface area (Å²) >= 11 is 0. The summed E-state index contributed by atoms with van der Waals surface area (Å²) in [6, 6.07) is 6.19. The fourth-order valence-electron chi connectivity index (χ4n) is 4.13. The molecular formula is C19H23N4O3+. The minimum Gasteiger partial charge on any atom is -0.454 e. The zero-order chi connectivity index (χ0) is 17.5. The molecule has 1 aromatic heterocycles. The third kappa shape index (κ3) is 2.82. The molecule has 0 unspecified atom stereocenters. The number of hydrogen-bond donors (Lipinski definition) is 2. The van der Waals surface area contributed by atoms with Crippen molar-refractivity contribution in [2.45, 2.75) is 25.8 Å². The van der Waals surface area contributed by atoms with Crippen molar-refractivity contribution in [3.8, 4) is 11.5 Å². The van der Waals surface area contributed by atoms with Crippen LogP contribution in [0.1, 0.15) is 23.2 Å². The van der Waals surface area contributed by atoms with Gasteiger partial charge in [-0.15, -0.1) is 0 Å². The minimum absolute atomic E-state index is 0.0534. The molecule has 1 aromatic carbocycles. The van der Waals surface area contributed by atoms with Crippen molar-refractivity contribution in [2.75, 3.05) is 37.9 Å². The van der Waals surface area contributed by atoms with Crippen LogP contribution in [0.3, 0.4) is 0 Å². The molecule has 0 spiro atoms. The highest BCUT2D eigenvalue weighted by Crippen LogP contribution is 2.32. The fraction of sp³-hybridized carbons (Fsp3) is 0.474. The first-order chi connectivity index (χ1) is 12.8. The molecule has 1 aliphatic carbocycles. The number of nitrogens with one attached hydrogen (secondary N) is 2. The van der Waals surface area contributed by atoms with Gasteiger partial charge in [-0.05, 0) is 37.5 Å². The maximum atomic E-state index is 12.2. The topological polar surface area (TPSA) is 71.9 Å². The van der Waals surface area contributed by atoms with Gasteiger partial charge in [-0.1, -0.05) is 0 Å². The number of ether oxygens (including phenoxy) is 2. The largest absolute Gasteiger partial charge is 0.454 e. The van der Waals surface area contributed by atoms with Crippen molar-refractivity contribution in [3.05, 3.63) is 45.4 Å². The molecule has 0 radical (unpaired) electrons. The van der Waals surface area contributed by atoms with Gasteiger partial charge >= 0.3 is 0 Å². The Morgan fingerprint density at radius 2 is 2.00 bits per heavy atom. The van der Waals surface area contributed by atoms with Crippen LogP contribution in [0.25, 0.3) is 0 Å². The molecule has 0 saturated carbocycles. The lowest BCUT2D eigenvalue weighted by atomic mass is 10.1. The van der Waals surface area contributed by atoms with E-state index in [4.69, 9.17) is 14.5 Å². The molecule has 3 heterocycles. The van der Waals surface area contributed by atoms with Crippen molar-refractivity contribution in [1.82, 2.24) is 9.97 Å². The number of piperazine rings is 1. The number of aromatic amines is 1. The van der Waals surface area contributed by atoms with Crippen molar-refractivity contribution < 1.29 is 14.4 Å². The molecular weight excluding hydrogens is 332 g/mol. The Morgan fingerprint density at radius 1 is 1.15 bits per heavy atom. The molecule has 0 amide bonds. The van der Waals surface area contributed by atoms with Crippen molar-refractivity contribution in [2.24, 2.45) is 0 Å². The smallest absolute Gasteiger partial charge is 0.255 e. The van der Waals surface area contributed by atoms with Gasteiger partial charge in [0.2, 0.25) is 12.7 Å². The molecule has 26 heavy (non-hydrogen) atoms. The number of nitrogens with zero attached hydrogens (tertiary/aromatic N) is 2. The Balaban J connectivity index is 1.24. The number of hydrogen-bond acceptors (Lipinski definition) is 5. The lowest BCUT2D eigenvalue weighted by molar-refractivity contribution is -0.914. The van der Waals surface area contributed by atoms with Crippen LogP contribution >= 0.6 is 0 Å². The Bertz CT molecular complexity index is 887. The summed E-state index contributed by atoms with van der Waals surface area (Å²) in [6.45, 7) is 5.14. The Labute approximate surface area is 151 Å². The van der Waals surface area contributed by atoms with E-state index < -0.39 is 0 Å². The average molecular weight is 355 g/mol. The summed E-state index contributed by atoms with van der Waals surface area (Å²) in [7, 11) is 0.